The molecule has 90 valence electrons. The average Bonchev–Trinajstić information content (AvgIpc) is 2.82. The van der Waals surface area contributed by atoms with Crippen molar-refractivity contribution in [1.82, 2.24) is 0 Å². The van der Waals surface area contributed by atoms with E-state index in [4.69, 9.17) is 0 Å². The first-order valence-electron chi connectivity index (χ1n) is 6.46. The molecule has 0 saturated heterocycles. The molecule has 0 fully saturated rings. The van der Waals surface area contributed by atoms with Crippen molar-refractivity contribution >= 4 is 17.1 Å². The highest BCUT2D eigenvalue weighted by Crippen LogP contribution is 2.41. The van der Waals surface area contributed by atoms with Gasteiger partial charge in [0, 0.05) is 5.56 Å². The summed E-state index contributed by atoms with van der Waals surface area (Å²) in [5, 5.41) is 2.20. The van der Waals surface area contributed by atoms with Crippen LogP contribution in [0.1, 0.15) is 21.5 Å². The zero-order chi connectivity index (χ0) is 12.8. The van der Waals surface area contributed by atoms with E-state index in [1.54, 1.807) is 0 Å². The number of rotatable bonds is 1. The van der Waals surface area contributed by atoms with Crippen LogP contribution < -0.4 is 0 Å². The molecule has 3 aromatic carbocycles. The smallest absolute Gasteiger partial charge is 0.151 e. The first-order chi connectivity index (χ1) is 9.38. The van der Waals surface area contributed by atoms with Gasteiger partial charge in [-0.25, -0.2) is 0 Å². The van der Waals surface area contributed by atoms with E-state index in [1.807, 2.05) is 24.3 Å². The van der Waals surface area contributed by atoms with Gasteiger partial charge in [-0.05, 0) is 39.4 Å². The number of carbonyl (C=O) groups is 1. The van der Waals surface area contributed by atoms with Gasteiger partial charge >= 0.3 is 0 Å². The maximum atomic E-state index is 11.6. The van der Waals surface area contributed by atoms with Crippen LogP contribution in [0.2, 0.25) is 0 Å². The number of benzene rings is 3. The molecule has 4 rings (SSSR count). The van der Waals surface area contributed by atoms with E-state index >= 15 is 0 Å². The zero-order valence-electron chi connectivity index (χ0n) is 10.4. The Bertz CT molecular complexity index is 815. The van der Waals surface area contributed by atoms with Gasteiger partial charge in [-0.1, -0.05) is 54.6 Å². The lowest BCUT2D eigenvalue weighted by Gasteiger charge is -2.09. The van der Waals surface area contributed by atoms with E-state index in [1.165, 1.54) is 16.7 Å². The second kappa shape index (κ2) is 3.79. The molecule has 0 N–H and O–H groups in total. The summed E-state index contributed by atoms with van der Waals surface area (Å²) in [6, 6.07) is 18.7. The maximum absolute atomic E-state index is 11.6. The first-order valence-corrected chi connectivity index (χ1v) is 6.46. The van der Waals surface area contributed by atoms with Crippen molar-refractivity contribution in [1.29, 1.82) is 0 Å². The molecule has 0 aromatic heterocycles. The Kier molecular flexibility index (Phi) is 2.10. The van der Waals surface area contributed by atoms with Crippen molar-refractivity contribution in [2.45, 2.75) is 6.42 Å². The first kappa shape index (κ1) is 10.5. The average molecular weight is 244 g/mol. The van der Waals surface area contributed by atoms with Gasteiger partial charge in [-0.15, -0.1) is 0 Å². The molecule has 1 aliphatic rings. The minimum Gasteiger partial charge on any atom is -0.298 e. The van der Waals surface area contributed by atoms with E-state index in [-0.39, 0.29) is 0 Å². The molecule has 0 amide bonds. The highest BCUT2D eigenvalue weighted by molar-refractivity contribution is 6.07. The van der Waals surface area contributed by atoms with E-state index in [0.717, 1.165) is 34.6 Å². The molecule has 0 unspecified atom stereocenters. The van der Waals surface area contributed by atoms with Crippen LogP contribution in [0.5, 0.6) is 0 Å². The highest BCUT2D eigenvalue weighted by atomic mass is 16.1. The molecule has 19 heavy (non-hydrogen) atoms. The van der Waals surface area contributed by atoms with Gasteiger partial charge in [0.05, 0.1) is 0 Å². The van der Waals surface area contributed by atoms with Crippen molar-refractivity contribution in [2.75, 3.05) is 0 Å². The lowest BCUT2D eigenvalue weighted by molar-refractivity contribution is 0.112. The topological polar surface area (TPSA) is 17.1 Å². The van der Waals surface area contributed by atoms with Crippen LogP contribution in [0.25, 0.3) is 21.9 Å². The third-order valence-electron chi connectivity index (χ3n) is 3.96. The van der Waals surface area contributed by atoms with E-state index in [2.05, 4.69) is 30.3 Å². The Labute approximate surface area is 111 Å². The molecule has 1 heteroatoms. The molecule has 0 radical (unpaired) electrons. The maximum Gasteiger partial charge on any atom is 0.151 e. The standard InChI is InChI=1S/C18H12O/c19-11-17-15-7-3-1-5-12(15)9-14-10-13-6-2-4-8-16(13)18(14)17/h1-9,11H,10H2. The lowest BCUT2D eigenvalue weighted by Crippen LogP contribution is -1.91. The van der Waals surface area contributed by atoms with Crippen LogP contribution in [0, 0.1) is 0 Å². The van der Waals surface area contributed by atoms with Gasteiger partial charge < -0.3 is 0 Å². The van der Waals surface area contributed by atoms with Crippen molar-refractivity contribution in [3.8, 4) is 11.1 Å². The van der Waals surface area contributed by atoms with E-state index in [0.29, 0.717) is 0 Å². The van der Waals surface area contributed by atoms with Gasteiger partial charge in [0.2, 0.25) is 0 Å². The summed E-state index contributed by atoms with van der Waals surface area (Å²) in [7, 11) is 0. The number of aldehydes is 1. The van der Waals surface area contributed by atoms with E-state index in [9.17, 15) is 4.79 Å². The quantitative estimate of drug-likeness (QED) is 0.458. The summed E-state index contributed by atoms with van der Waals surface area (Å²) in [5.74, 6) is 0. The molecule has 0 saturated carbocycles. The Morgan fingerprint density at radius 2 is 1.68 bits per heavy atom. The largest absolute Gasteiger partial charge is 0.298 e. The van der Waals surface area contributed by atoms with Gasteiger partial charge in [0.1, 0.15) is 0 Å². The normalized spacial score (nSPS) is 12.2. The predicted molar refractivity (Wildman–Crippen MR) is 77.6 cm³/mol. The Balaban J connectivity index is 2.17. The summed E-state index contributed by atoms with van der Waals surface area (Å²) in [5.41, 5.74) is 5.76. The third kappa shape index (κ3) is 1.39. The summed E-state index contributed by atoms with van der Waals surface area (Å²) >= 11 is 0. The molecule has 1 nitrogen and oxygen atoms in total. The van der Waals surface area contributed by atoms with Crippen LogP contribution >= 0.6 is 0 Å². The van der Waals surface area contributed by atoms with Crippen LogP contribution in [0.3, 0.4) is 0 Å². The summed E-state index contributed by atoms with van der Waals surface area (Å²) in [6.45, 7) is 0. The fourth-order valence-corrected chi connectivity index (χ4v) is 3.14. The Hall–Kier alpha value is -2.41. The number of hydrogen-bond acceptors (Lipinski definition) is 1. The Morgan fingerprint density at radius 3 is 2.58 bits per heavy atom. The molecule has 0 aliphatic heterocycles. The molecular weight excluding hydrogens is 232 g/mol. The lowest BCUT2D eigenvalue weighted by atomic mass is 9.94. The zero-order valence-corrected chi connectivity index (χ0v) is 10.4. The van der Waals surface area contributed by atoms with Crippen LogP contribution in [0.4, 0.5) is 0 Å². The number of fused-ring (bicyclic) bond motifs is 4. The predicted octanol–water partition coefficient (Wildman–Crippen LogP) is 4.22. The fourth-order valence-electron chi connectivity index (χ4n) is 3.14. The Morgan fingerprint density at radius 1 is 0.895 bits per heavy atom. The molecule has 0 atom stereocenters. The van der Waals surface area contributed by atoms with Gasteiger partial charge in [0.15, 0.2) is 6.29 Å². The fraction of sp³-hybridized carbons (Fsp3) is 0.0556. The van der Waals surface area contributed by atoms with Crippen molar-refractivity contribution in [2.24, 2.45) is 0 Å². The summed E-state index contributed by atoms with van der Waals surface area (Å²) in [6.07, 6.45) is 1.93. The number of carbonyl (C=O) groups excluding carboxylic acids is 1. The molecule has 0 heterocycles. The second-order valence-corrected chi connectivity index (χ2v) is 5.00. The van der Waals surface area contributed by atoms with Gasteiger partial charge in [-0.3, -0.25) is 4.79 Å². The van der Waals surface area contributed by atoms with Gasteiger partial charge in [0.25, 0.3) is 0 Å². The minimum atomic E-state index is 0.832. The van der Waals surface area contributed by atoms with Gasteiger partial charge in [-0.2, -0.15) is 0 Å². The third-order valence-corrected chi connectivity index (χ3v) is 3.96. The van der Waals surface area contributed by atoms with E-state index < -0.39 is 0 Å². The van der Waals surface area contributed by atoms with Crippen molar-refractivity contribution in [3.63, 3.8) is 0 Å². The van der Waals surface area contributed by atoms with Crippen molar-refractivity contribution < 1.29 is 4.79 Å². The van der Waals surface area contributed by atoms with Crippen LogP contribution in [-0.4, -0.2) is 6.29 Å². The molecule has 3 aromatic rings. The minimum absolute atomic E-state index is 0.832. The van der Waals surface area contributed by atoms with Crippen molar-refractivity contribution in [3.05, 3.63) is 71.3 Å². The summed E-state index contributed by atoms with van der Waals surface area (Å²) < 4.78 is 0. The highest BCUT2D eigenvalue weighted by Gasteiger charge is 2.22. The number of hydrogen-bond donors (Lipinski definition) is 0. The second-order valence-electron chi connectivity index (χ2n) is 5.00. The molecular formula is C18H12O. The van der Waals surface area contributed by atoms with Crippen LogP contribution in [0.15, 0.2) is 54.6 Å². The molecule has 0 spiro atoms. The van der Waals surface area contributed by atoms with Crippen LogP contribution in [-0.2, 0) is 6.42 Å². The SMILES string of the molecule is O=Cc1c2c(cc3ccccc13)Cc1ccccc1-2. The monoisotopic (exact) mass is 244 g/mol. The molecule has 1 aliphatic carbocycles. The molecule has 0 bridgehead atoms. The summed E-state index contributed by atoms with van der Waals surface area (Å²) in [4.78, 5) is 11.6.